The van der Waals surface area contributed by atoms with E-state index in [2.05, 4.69) is 20.9 Å². The number of aryl methyl sites for hydroxylation is 1. The van der Waals surface area contributed by atoms with Crippen LogP contribution in [0.3, 0.4) is 0 Å². The van der Waals surface area contributed by atoms with Gasteiger partial charge >= 0.3 is 0 Å². The summed E-state index contributed by atoms with van der Waals surface area (Å²) < 4.78 is 6.59. The van der Waals surface area contributed by atoms with Crippen LogP contribution < -0.4 is 4.74 Å². The van der Waals surface area contributed by atoms with Crippen molar-refractivity contribution in [1.82, 2.24) is 4.98 Å². The van der Waals surface area contributed by atoms with Crippen molar-refractivity contribution in [3.63, 3.8) is 0 Å². The second-order valence-electron chi connectivity index (χ2n) is 4.81. The van der Waals surface area contributed by atoms with Crippen LogP contribution >= 0.6 is 27.5 Å². The predicted molar refractivity (Wildman–Crippen MR) is 90.0 cm³/mol. The molecule has 1 heterocycles. The van der Waals surface area contributed by atoms with E-state index in [1.54, 1.807) is 0 Å². The highest BCUT2D eigenvalue weighted by atomic mass is 79.9. The molecule has 0 saturated carbocycles. The Morgan fingerprint density at radius 3 is 2.76 bits per heavy atom. The summed E-state index contributed by atoms with van der Waals surface area (Å²) >= 11 is 9.91. The molecule has 2 nitrogen and oxygen atoms in total. The fourth-order valence-corrected chi connectivity index (χ4v) is 2.83. The number of pyridine rings is 1. The summed E-state index contributed by atoms with van der Waals surface area (Å²) in [5, 5.41) is 1.61. The molecule has 0 N–H and O–H groups in total. The third-order valence-corrected chi connectivity index (χ3v) is 4.68. The van der Waals surface area contributed by atoms with Gasteiger partial charge in [0.05, 0.1) is 20.7 Å². The molecule has 106 valence electrons. The predicted octanol–water partition coefficient (Wildman–Crippen LogP) is 5.54. The van der Waals surface area contributed by atoms with Gasteiger partial charge in [-0.3, -0.25) is 0 Å². The van der Waals surface area contributed by atoms with Gasteiger partial charge in [-0.1, -0.05) is 41.9 Å². The molecule has 3 aromatic rings. The molecule has 0 amide bonds. The summed E-state index contributed by atoms with van der Waals surface area (Å²) in [5.41, 5.74) is 2.82. The third kappa shape index (κ3) is 3.04. The minimum absolute atomic E-state index is 0.370. The van der Waals surface area contributed by atoms with E-state index in [1.807, 2.05) is 55.5 Å². The van der Waals surface area contributed by atoms with E-state index in [9.17, 15) is 0 Å². The van der Waals surface area contributed by atoms with Gasteiger partial charge in [0, 0.05) is 5.39 Å². The fraction of sp³-hybridized carbons (Fsp3) is 0.118. The highest BCUT2D eigenvalue weighted by Crippen LogP contribution is 2.32. The van der Waals surface area contributed by atoms with E-state index >= 15 is 0 Å². The maximum absolute atomic E-state index is 6.40. The van der Waals surface area contributed by atoms with Crippen molar-refractivity contribution >= 4 is 38.4 Å². The van der Waals surface area contributed by atoms with Gasteiger partial charge in [0.15, 0.2) is 0 Å². The highest BCUT2D eigenvalue weighted by molar-refractivity contribution is 9.10. The van der Waals surface area contributed by atoms with Gasteiger partial charge in [-0.25, -0.2) is 4.98 Å². The second-order valence-corrected chi connectivity index (χ2v) is 5.98. The Morgan fingerprint density at radius 1 is 1.14 bits per heavy atom. The van der Waals surface area contributed by atoms with Crippen LogP contribution in [0.15, 0.2) is 53.0 Å². The van der Waals surface area contributed by atoms with Crippen molar-refractivity contribution in [3.8, 4) is 5.75 Å². The standard InChI is InChI=1S/C17H13BrClNO/c1-11-5-4-6-12(9-11)21-10-15-16(18)17(19)13-7-2-3-8-14(13)20-15/h2-9H,10H2,1H3. The van der Waals surface area contributed by atoms with Gasteiger partial charge in [0.25, 0.3) is 0 Å². The van der Waals surface area contributed by atoms with Crippen LogP contribution in [0.5, 0.6) is 5.75 Å². The van der Waals surface area contributed by atoms with E-state index in [0.717, 1.165) is 32.4 Å². The van der Waals surface area contributed by atoms with E-state index in [4.69, 9.17) is 16.3 Å². The number of para-hydroxylation sites is 1. The summed E-state index contributed by atoms with van der Waals surface area (Å²) in [4.78, 5) is 4.62. The summed E-state index contributed by atoms with van der Waals surface area (Å²) in [5.74, 6) is 0.827. The number of benzene rings is 2. The Balaban J connectivity index is 1.92. The number of halogens is 2. The van der Waals surface area contributed by atoms with Crippen LogP contribution in [0, 0.1) is 6.92 Å². The van der Waals surface area contributed by atoms with E-state index < -0.39 is 0 Å². The molecular formula is C17H13BrClNO. The maximum atomic E-state index is 6.40. The van der Waals surface area contributed by atoms with Crippen molar-refractivity contribution in [2.24, 2.45) is 0 Å². The lowest BCUT2D eigenvalue weighted by atomic mass is 10.2. The van der Waals surface area contributed by atoms with E-state index in [1.165, 1.54) is 0 Å². The number of hydrogen-bond donors (Lipinski definition) is 0. The minimum atomic E-state index is 0.370. The molecule has 0 unspecified atom stereocenters. The first kappa shape index (κ1) is 14.4. The first-order chi connectivity index (χ1) is 10.1. The summed E-state index contributed by atoms with van der Waals surface area (Å²) in [6, 6.07) is 15.7. The number of hydrogen-bond acceptors (Lipinski definition) is 2. The van der Waals surface area contributed by atoms with Crippen LogP contribution in [0.1, 0.15) is 11.3 Å². The summed E-state index contributed by atoms with van der Waals surface area (Å²) in [6.45, 7) is 2.41. The Labute approximate surface area is 136 Å². The average Bonchev–Trinajstić information content (AvgIpc) is 2.50. The lowest BCUT2D eigenvalue weighted by molar-refractivity contribution is 0.301. The molecule has 2 aromatic carbocycles. The Morgan fingerprint density at radius 2 is 1.95 bits per heavy atom. The molecule has 0 bridgehead atoms. The molecule has 0 spiro atoms. The topological polar surface area (TPSA) is 22.1 Å². The van der Waals surface area contributed by atoms with Crippen molar-refractivity contribution in [2.45, 2.75) is 13.5 Å². The summed E-state index contributed by atoms with van der Waals surface area (Å²) in [6.07, 6.45) is 0. The van der Waals surface area contributed by atoms with Crippen LogP contribution in [0.25, 0.3) is 10.9 Å². The Kier molecular flexibility index (Phi) is 4.13. The zero-order valence-corrected chi connectivity index (χ0v) is 13.8. The van der Waals surface area contributed by atoms with Gasteiger partial charge < -0.3 is 4.74 Å². The van der Waals surface area contributed by atoms with Gasteiger partial charge in [-0.05, 0) is 46.6 Å². The molecule has 0 aliphatic heterocycles. The van der Waals surface area contributed by atoms with Crippen molar-refractivity contribution < 1.29 is 4.74 Å². The molecule has 0 aliphatic carbocycles. The average molecular weight is 363 g/mol. The lowest BCUT2D eigenvalue weighted by Gasteiger charge is -2.11. The van der Waals surface area contributed by atoms with Crippen molar-refractivity contribution in [3.05, 3.63) is 69.3 Å². The number of fused-ring (bicyclic) bond motifs is 1. The SMILES string of the molecule is Cc1cccc(OCc2nc3ccccc3c(Cl)c2Br)c1. The molecule has 1 aromatic heterocycles. The molecule has 0 radical (unpaired) electrons. The first-order valence-corrected chi connectivity index (χ1v) is 7.74. The maximum Gasteiger partial charge on any atom is 0.131 e. The van der Waals surface area contributed by atoms with Gasteiger partial charge in [0.2, 0.25) is 0 Å². The molecule has 0 saturated heterocycles. The Bertz CT molecular complexity index is 804. The monoisotopic (exact) mass is 361 g/mol. The number of rotatable bonds is 3. The first-order valence-electron chi connectivity index (χ1n) is 6.57. The molecule has 0 atom stereocenters. The molecule has 21 heavy (non-hydrogen) atoms. The van der Waals surface area contributed by atoms with Crippen LogP contribution in [0.2, 0.25) is 5.02 Å². The van der Waals surface area contributed by atoms with Crippen molar-refractivity contribution in [1.29, 1.82) is 0 Å². The second kappa shape index (κ2) is 6.04. The summed E-state index contributed by atoms with van der Waals surface area (Å²) in [7, 11) is 0. The van der Waals surface area contributed by atoms with Gasteiger partial charge in [-0.15, -0.1) is 0 Å². The molecule has 0 aliphatic rings. The van der Waals surface area contributed by atoms with E-state index in [0.29, 0.717) is 11.6 Å². The van der Waals surface area contributed by atoms with Gasteiger partial charge in [0.1, 0.15) is 12.4 Å². The number of ether oxygens (including phenoxy) is 1. The Hall–Kier alpha value is -1.58. The molecule has 0 fully saturated rings. The zero-order chi connectivity index (χ0) is 14.8. The molecule has 3 rings (SSSR count). The smallest absolute Gasteiger partial charge is 0.131 e. The largest absolute Gasteiger partial charge is 0.487 e. The zero-order valence-electron chi connectivity index (χ0n) is 11.4. The molecular weight excluding hydrogens is 350 g/mol. The quantitative estimate of drug-likeness (QED) is 0.610. The van der Waals surface area contributed by atoms with Crippen LogP contribution in [-0.2, 0) is 6.61 Å². The number of nitrogens with zero attached hydrogens (tertiary/aromatic N) is 1. The molecule has 4 heteroatoms. The normalized spacial score (nSPS) is 10.8. The van der Waals surface area contributed by atoms with E-state index in [-0.39, 0.29) is 0 Å². The third-order valence-electron chi connectivity index (χ3n) is 3.21. The van der Waals surface area contributed by atoms with Crippen molar-refractivity contribution in [2.75, 3.05) is 0 Å². The lowest BCUT2D eigenvalue weighted by Crippen LogP contribution is -2.01. The fourth-order valence-electron chi connectivity index (χ4n) is 2.15. The van der Waals surface area contributed by atoms with Crippen LogP contribution in [0.4, 0.5) is 0 Å². The number of aromatic nitrogens is 1. The highest BCUT2D eigenvalue weighted by Gasteiger charge is 2.11. The van der Waals surface area contributed by atoms with Gasteiger partial charge in [-0.2, -0.15) is 0 Å². The van der Waals surface area contributed by atoms with Crippen LogP contribution in [-0.4, -0.2) is 4.98 Å². The minimum Gasteiger partial charge on any atom is -0.487 e.